The molecule has 0 aliphatic carbocycles. The van der Waals surface area contributed by atoms with Crippen LogP contribution in [0.1, 0.15) is 11.1 Å². The standard InChI is InChI=1S/C15H13F4NO/c1-10-5-6-11(7-14(10)16)9-20-12-3-2-4-13(8-12)21-15(17,18)19/h2-8,20H,9H2,1H3. The average molecular weight is 299 g/mol. The van der Waals surface area contributed by atoms with Crippen LogP contribution in [0.4, 0.5) is 23.2 Å². The van der Waals surface area contributed by atoms with Gasteiger partial charge in [-0.3, -0.25) is 0 Å². The van der Waals surface area contributed by atoms with Crippen LogP contribution in [-0.4, -0.2) is 6.36 Å². The number of aryl methyl sites for hydroxylation is 1. The van der Waals surface area contributed by atoms with Crippen molar-refractivity contribution >= 4 is 5.69 Å². The van der Waals surface area contributed by atoms with E-state index < -0.39 is 6.36 Å². The minimum atomic E-state index is -4.72. The molecule has 0 aliphatic rings. The molecule has 0 saturated carbocycles. The third-order valence-electron chi connectivity index (χ3n) is 2.80. The van der Waals surface area contributed by atoms with Crippen molar-refractivity contribution in [2.24, 2.45) is 0 Å². The molecule has 112 valence electrons. The monoisotopic (exact) mass is 299 g/mol. The molecule has 2 aromatic rings. The summed E-state index contributed by atoms with van der Waals surface area (Å²) in [6.45, 7) is 1.96. The molecule has 0 aliphatic heterocycles. The lowest BCUT2D eigenvalue weighted by atomic mass is 10.1. The van der Waals surface area contributed by atoms with Crippen LogP contribution in [0.2, 0.25) is 0 Å². The second kappa shape index (κ2) is 6.03. The quantitative estimate of drug-likeness (QED) is 0.830. The van der Waals surface area contributed by atoms with Crippen LogP contribution in [0.3, 0.4) is 0 Å². The summed E-state index contributed by atoms with van der Waals surface area (Å²) in [7, 11) is 0. The summed E-state index contributed by atoms with van der Waals surface area (Å²) in [6.07, 6.45) is -4.72. The van der Waals surface area contributed by atoms with Gasteiger partial charge < -0.3 is 10.1 Å². The van der Waals surface area contributed by atoms with Crippen molar-refractivity contribution in [1.29, 1.82) is 0 Å². The molecule has 0 spiro atoms. The molecule has 1 N–H and O–H groups in total. The van der Waals surface area contributed by atoms with Crippen molar-refractivity contribution in [3.8, 4) is 5.75 Å². The second-order valence-electron chi connectivity index (χ2n) is 4.51. The summed E-state index contributed by atoms with van der Waals surface area (Å²) in [5.41, 5.74) is 1.69. The summed E-state index contributed by atoms with van der Waals surface area (Å²) in [4.78, 5) is 0. The number of hydrogen-bond donors (Lipinski definition) is 1. The Labute approximate surface area is 119 Å². The highest BCUT2D eigenvalue weighted by Gasteiger charge is 2.31. The first-order valence-electron chi connectivity index (χ1n) is 6.18. The van der Waals surface area contributed by atoms with E-state index in [0.29, 0.717) is 23.4 Å². The van der Waals surface area contributed by atoms with E-state index in [9.17, 15) is 17.6 Å². The van der Waals surface area contributed by atoms with E-state index >= 15 is 0 Å². The Morgan fingerprint density at radius 1 is 1.10 bits per heavy atom. The van der Waals surface area contributed by atoms with Crippen molar-refractivity contribution in [3.05, 3.63) is 59.4 Å². The Morgan fingerprint density at radius 2 is 1.86 bits per heavy atom. The van der Waals surface area contributed by atoms with Crippen LogP contribution < -0.4 is 10.1 Å². The fraction of sp³-hybridized carbons (Fsp3) is 0.200. The van der Waals surface area contributed by atoms with E-state index in [-0.39, 0.29) is 11.6 Å². The molecule has 0 unspecified atom stereocenters. The maximum absolute atomic E-state index is 13.4. The van der Waals surface area contributed by atoms with Crippen molar-refractivity contribution in [2.45, 2.75) is 19.8 Å². The Kier molecular flexibility index (Phi) is 4.35. The van der Waals surface area contributed by atoms with Gasteiger partial charge in [-0.15, -0.1) is 13.2 Å². The third-order valence-corrected chi connectivity index (χ3v) is 2.80. The molecule has 0 saturated heterocycles. The third kappa shape index (κ3) is 4.66. The number of nitrogens with one attached hydrogen (secondary N) is 1. The maximum atomic E-state index is 13.4. The van der Waals surface area contributed by atoms with E-state index in [0.717, 1.165) is 0 Å². The number of hydrogen-bond acceptors (Lipinski definition) is 2. The molecule has 21 heavy (non-hydrogen) atoms. The van der Waals surface area contributed by atoms with E-state index in [1.165, 1.54) is 24.3 Å². The van der Waals surface area contributed by atoms with Gasteiger partial charge in [0.15, 0.2) is 0 Å². The fourth-order valence-electron chi connectivity index (χ4n) is 1.75. The van der Waals surface area contributed by atoms with Crippen molar-refractivity contribution < 1.29 is 22.3 Å². The van der Waals surface area contributed by atoms with Crippen LogP contribution in [-0.2, 0) is 6.54 Å². The van der Waals surface area contributed by atoms with Gasteiger partial charge in [0, 0.05) is 18.3 Å². The lowest BCUT2D eigenvalue weighted by Gasteiger charge is -2.11. The highest BCUT2D eigenvalue weighted by Crippen LogP contribution is 2.25. The van der Waals surface area contributed by atoms with Gasteiger partial charge in [-0.2, -0.15) is 0 Å². The van der Waals surface area contributed by atoms with Gasteiger partial charge in [-0.1, -0.05) is 18.2 Å². The Hall–Kier alpha value is -2.24. The van der Waals surface area contributed by atoms with E-state index in [1.807, 2.05) is 0 Å². The highest BCUT2D eigenvalue weighted by atomic mass is 19.4. The molecule has 6 heteroatoms. The van der Waals surface area contributed by atoms with Gasteiger partial charge in [-0.25, -0.2) is 4.39 Å². The van der Waals surface area contributed by atoms with E-state index in [1.54, 1.807) is 25.1 Å². The lowest BCUT2D eigenvalue weighted by molar-refractivity contribution is -0.274. The van der Waals surface area contributed by atoms with E-state index in [4.69, 9.17) is 0 Å². The molecule has 0 fully saturated rings. The Balaban J connectivity index is 2.03. The van der Waals surface area contributed by atoms with Gasteiger partial charge in [0.25, 0.3) is 0 Å². The summed E-state index contributed by atoms with van der Waals surface area (Å²) < 4.78 is 53.6. The molecule has 0 aromatic heterocycles. The molecule has 2 aromatic carbocycles. The summed E-state index contributed by atoms with van der Waals surface area (Å²) in [5, 5.41) is 2.92. The van der Waals surface area contributed by atoms with Crippen molar-refractivity contribution in [2.75, 3.05) is 5.32 Å². The summed E-state index contributed by atoms with van der Waals surface area (Å²) >= 11 is 0. The summed E-state index contributed by atoms with van der Waals surface area (Å²) in [5.74, 6) is -0.619. The zero-order chi connectivity index (χ0) is 15.5. The Bertz CT molecular complexity index is 625. The molecule has 2 nitrogen and oxygen atoms in total. The van der Waals surface area contributed by atoms with Crippen LogP contribution in [0.15, 0.2) is 42.5 Å². The largest absolute Gasteiger partial charge is 0.573 e. The summed E-state index contributed by atoms with van der Waals surface area (Å²) in [6, 6.07) is 10.3. The van der Waals surface area contributed by atoms with Crippen molar-refractivity contribution in [1.82, 2.24) is 0 Å². The molecule has 0 bridgehead atoms. The van der Waals surface area contributed by atoms with Crippen LogP contribution in [0.5, 0.6) is 5.75 Å². The number of rotatable bonds is 4. The number of ether oxygens (including phenoxy) is 1. The van der Waals surface area contributed by atoms with Crippen LogP contribution in [0, 0.1) is 12.7 Å². The SMILES string of the molecule is Cc1ccc(CNc2cccc(OC(F)(F)F)c2)cc1F. The smallest absolute Gasteiger partial charge is 0.406 e. The highest BCUT2D eigenvalue weighted by molar-refractivity contribution is 5.48. The number of alkyl halides is 3. The predicted molar refractivity (Wildman–Crippen MR) is 71.6 cm³/mol. The molecular weight excluding hydrogens is 286 g/mol. The van der Waals surface area contributed by atoms with E-state index in [2.05, 4.69) is 10.1 Å². The topological polar surface area (TPSA) is 21.3 Å². The average Bonchev–Trinajstić information content (AvgIpc) is 2.39. The fourth-order valence-corrected chi connectivity index (χ4v) is 1.75. The van der Waals surface area contributed by atoms with Gasteiger partial charge in [-0.05, 0) is 36.2 Å². The van der Waals surface area contributed by atoms with Crippen LogP contribution >= 0.6 is 0 Å². The molecule has 0 amide bonds. The number of anilines is 1. The molecule has 0 radical (unpaired) electrons. The van der Waals surface area contributed by atoms with Gasteiger partial charge >= 0.3 is 6.36 Å². The van der Waals surface area contributed by atoms with Gasteiger partial charge in [0.2, 0.25) is 0 Å². The molecule has 0 heterocycles. The first-order valence-corrected chi connectivity index (χ1v) is 6.18. The molecule has 2 rings (SSSR count). The zero-order valence-corrected chi connectivity index (χ0v) is 11.2. The minimum absolute atomic E-state index is 0.298. The normalized spacial score (nSPS) is 11.3. The first kappa shape index (κ1) is 15.2. The Morgan fingerprint density at radius 3 is 2.52 bits per heavy atom. The van der Waals surface area contributed by atoms with Gasteiger partial charge in [0.1, 0.15) is 11.6 Å². The number of benzene rings is 2. The predicted octanol–water partition coefficient (Wildman–Crippen LogP) is 4.64. The minimum Gasteiger partial charge on any atom is -0.406 e. The molecule has 0 atom stereocenters. The van der Waals surface area contributed by atoms with Crippen molar-refractivity contribution in [3.63, 3.8) is 0 Å². The zero-order valence-electron chi connectivity index (χ0n) is 11.2. The van der Waals surface area contributed by atoms with Crippen LogP contribution in [0.25, 0.3) is 0 Å². The lowest BCUT2D eigenvalue weighted by Crippen LogP contribution is -2.17. The van der Waals surface area contributed by atoms with Gasteiger partial charge in [0.05, 0.1) is 0 Å². The molecular formula is C15H13F4NO. The maximum Gasteiger partial charge on any atom is 0.573 e. The first-order chi connectivity index (χ1) is 9.83. The number of halogens is 4. The second-order valence-corrected chi connectivity index (χ2v) is 4.51.